The van der Waals surface area contributed by atoms with Gasteiger partial charge in [-0.25, -0.2) is 0 Å². The molecule has 1 fully saturated rings. The minimum absolute atomic E-state index is 0.394. The number of fused-ring (bicyclic) bond motifs is 1. The van der Waals surface area contributed by atoms with Crippen molar-refractivity contribution in [1.82, 2.24) is 14.9 Å². The molecule has 0 unspecified atom stereocenters. The van der Waals surface area contributed by atoms with Crippen molar-refractivity contribution < 1.29 is 9.47 Å². The number of ether oxygens (including phenoxy) is 2. The number of nitriles is 1. The maximum atomic E-state index is 9.74. The lowest BCUT2D eigenvalue weighted by atomic mass is 10.0. The highest BCUT2D eigenvalue weighted by Crippen LogP contribution is 2.38. The van der Waals surface area contributed by atoms with Crippen molar-refractivity contribution in [1.29, 1.82) is 5.26 Å². The number of rotatable bonds is 6. The summed E-state index contributed by atoms with van der Waals surface area (Å²) in [4.78, 5) is 11.8. The number of anilines is 2. The van der Waals surface area contributed by atoms with Gasteiger partial charge in [0.1, 0.15) is 11.8 Å². The molecule has 5 rings (SSSR count). The summed E-state index contributed by atoms with van der Waals surface area (Å²) < 4.78 is 10.8. The van der Waals surface area contributed by atoms with Crippen LogP contribution in [0.5, 0.6) is 5.75 Å². The minimum Gasteiger partial charge on any atom is -0.495 e. The summed E-state index contributed by atoms with van der Waals surface area (Å²) in [7, 11) is 1.53. The highest BCUT2D eigenvalue weighted by Gasteiger charge is 2.15. The molecule has 9 heteroatoms. The molecule has 3 heterocycles. The van der Waals surface area contributed by atoms with Crippen molar-refractivity contribution in [3.63, 3.8) is 0 Å². The Kier molecular flexibility index (Phi) is 7.21. The number of nitrogens with zero attached hydrogens (tertiary/aromatic N) is 4. The smallest absolute Gasteiger partial charge is 0.139 e. The van der Waals surface area contributed by atoms with Crippen molar-refractivity contribution >= 4 is 45.5 Å². The van der Waals surface area contributed by atoms with Crippen LogP contribution in [-0.4, -0.2) is 48.3 Å². The average molecular weight is 520 g/mol. The number of aromatic nitrogens is 2. The van der Waals surface area contributed by atoms with Gasteiger partial charge in [-0.05, 0) is 30.3 Å². The maximum absolute atomic E-state index is 9.74. The normalized spacial score (nSPS) is 13.9. The minimum atomic E-state index is 0.394. The van der Waals surface area contributed by atoms with Crippen LogP contribution in [0.1, 0.15) is 11.3 Å². The van der Waals surface area contributed by atoms with Crippen molar-refractivity contribution in [2.24, 2.45) is 0 Å². The lowest BCUT2D eigenvalue weighted by Gasteiger charge is -2.26. The predicted molar refractivity (Wildman–Crippen MR) is 142 cm³/mol. The van der Waals surface area contributed by atoms with Gasteiger partial charge in [0.2, 0.25) is 0 Å². The molecule has 1 aliphatic rings. The van der Waals surface area contributed by atoms with Gasteiger partial charge in [0, 0.05) is 42.8 Å². The van der Waals surface area contributed by atoms with E-state index < -0.39 is 0 Å². The third-order valence-corrected chi connectivity index (χ3v) is 6.69. The van der Waals surface area contributed by atoms with E-state index in [1.807, 2.05) is 36.4 Å². The molecule has 0 radical (unpaired) electrons. The summed E-state index contributed by atoms with van der Waals surface area (Å²) in [5.41, 5.74) is 5.13. The van der Waals surface area contributed by atoms with Gasteiger partial charge in [-0.1, -0.05) is 35.3 Å². The molecule has 0 amide bonds. The molecule has 4 aromatic rings. The average Bonchev–Trinajstić information content (AvgIpc) is 2.90. The van der Waals surface area contributed by atoms with Crippen LogP contribution in [0, 0.1) is 11.3 Å². The molecule has 0 bridgehead atoms. The number of hydrogen-bond donors (Lipinski definition) is 1. The molecular weight excluding hydrogens is 497 g/mol. The zero-order valence-corrected chi connectivity index (χ0v) is 21.1. The monoisotopic (exact) mass is 519 g/mol. The standard InChI is InChI=1S/C27H23Cl2N5O2/c1-35-26-13-25(21(28)12-22(26)29)33-27-18(14-30)15-31-24-11-17(5-6-20(24)27)23-4-2-3-19(32-23)16-34-7-9-36-10-8-34/h2-6,11-13,15H,7-10,16H2,1H3,(H,31,33). The second kappa shape index (κ2) is 10.7. The molecule has 7 nitrogen and oxygen atoms in total. The summed E-state index contributed by atoms with van der Waals surface area (Å²) >= 11 is 12.6. The maximum Gasteiger partial charge on any atom is 0.139 e. The molecule has 2 aromatic heterocycles. The van der Waals surface area contributed by atoms with Crippen LogP contribution in [0.3, 0.4) is 0 Å². The third-order valence-electron chi connectivity index (χ3n) is 6.08. The summed E-state index contributed by atoms with van der Waals surface area (Å²) in [5.74, 6) is 0.478. The van der Waals surface area contributed by atoms with Crippen LogP contribution in [0.4, 0.5) is 11.4 Å². The fraction of sp³-hybridized carbons (Fsp3) is 0.222. The quantitative estimate of drug-likeness (QED) is 0.331. The molecule has 36 heavy (non-hydrogen) atoms. The molecule has 1 N–H and O–H groups in total. The van der Waals surface area contributed by atoms with Crippen LogP contribution >= 0.6 is 23.2 Å². The lowest BCUT2D eigenvalue weighted by Crippen LogP contribution is -2.35. The summed E-state index contributed by atoms with van der Waals surface area (Å²) in [6.07, 6.45) is 1.55. The number of nitrogens with one attached hydrogen (secondary N) is 1. The Morgan fingerprint density at radius 1 is 1.11 bits per heavy atom. The highest BCUT2D eigenvalue weighted by atomic mass is 35.5. The number of methoxy groups -OCH3 is 1. The highest BCUT2D eigenvalue weighted by molar-refractivity contribution is 6.37. The second-order valence-electron chi connectivity index (χ2n) is 8.38. The van der Waals surface area contributed by atoms with E-state index in [4.69, 9.17) is 37.7 Å². The Labute approximate surface area is 219 Å². The van der Waals surface area contributed by atoms with Gasteiger partial charge in [0.05, 0.1) is 64.2 Å². The van der Waals surface area contributed by atoms with Gasteiger partial charge in [-0.15, -0.1) is 0 Å². The first-order chi connectivity index (χ1) is 17.6. The van der Waals surface area contributed by atoms with Crippen LogP contribution in [0.25, 0.3) is 22.2 Å². The molecule has 1 saturated heterocycles. The first-order valence-electron chi connectivity index (χ1n) is 11.4. The molecule has 0 aliphatic carbocycles. The van der Waals surface area contributed by atoms with E-state index in [0.29, 0.717) is 32.7 Å². The van der Waals surface area contributed by atoms with E-state index in [0.717, 1.165) is 60.7 Å². The van der Waals surface area contributed by atoms with Crippen molar-refractivity contribution in [3.05, 3.63) is 76.0 Å². The molecule has 0 saturated carbocycles. The van der Waals surface area contributed by atoms with Gasteiger partial charge < -0.3 is 14.8 Å². The van der Waals surface area contributed by atoms with Gasteiger partial charge in [0.25, 0.3) is 0 Å². The lowest BCUT2D eigenvalue weighted by molar-refractivity contribution is 0.0336. The van der Waals surface area contributed by atoms with E-state index in [1.54, 1.807) is 18.3 Å². The summed E-state index contributed by atoms with van der Waals surface area (Å²) in [6, 6.07) is 17.5. The Bertz CT molecular complexity index is 1470. The Balaban J connectivity index is 1.49. The van der Waals surface area contributed by atoms with Crippen molar-refractivity contribution in [2.45, 2.75) is 6.54 Å². The third kappa shape index (κ3) is 5.08. The van der Waals surface area contributed by atoms with Crippen molar-refractivity contribution in [3.8, 4) is 23.1 Å². The van der Waals surface area contributed by atoms with Gasteiger partial charge in [-0.2, -0.15) is 5.26 Å². The number of pyridine rings is 2. The van der Waals surface area contributed by atoms with E-state index in [2.05, 4.69) is 21.3 Å². The van der Waals surface area contributed by atoms with E-state index >= 15 is 0 Å². The molecule has 1 aliphatic heterocycles. The molecule has 182 valence electrons. The van der Waals surface area contributed by atoms with Crippen LogP contribution in [0.15, 0.2) is 54.7 Å². The Morgan fingerprint density at radius 3 is 2.72 bits per heavy atom. The van der Waals surface area contributed by atoms with E-state index in [1.165, 1.54) is 7.11 Å². The van der Waals surface area contributed by atoms with Crippen LogP contribution in [-0.2, 0) is 11.3 Å². The molecule has 2 aromatic carbocycles. The van der Waals surface area contributed by atoms with E-state index in [9.17, 15) is 5.26 Å². The summed E-state index contributed by atoms with van der Waals surface area (Å²) in [6.45, 7) is 4.11. The molecule has 0 spiro atoms. The topological polar surface area (TPSA) is 83.3 Å². The predicted octanol–water partition coefficient (Wildman–Crippen LogP) is 6.06. The zero-order chi connectivity index (χ0) is 25.1. The first-order valence-corrected chi connectivity index (χ1v) is 12.2. The number of benzene rings is 2. The number of hydrogen-bond acceptors (Lipinski definition) is 7. The van der Waals surface area contributed by atoms with Gasteiger partial charge >= 0.3 is 0 Å². The Hall–Kier alpha value is -3.41. The van der Waals surface area contributed by atoms with Crippen LogP contribution < -0.4 is 10.1 Å². The molecule has 0 atom stereocenters. The fourth-order valence-corrected chi connectivity index (χ4v) is 4.71. The summed E-state index contributed by atoms with van der Waals surface area (Å²) in [5, 5.41) is 14.6. The Morgan fingerprint density at radius 2 is 1.94 bits per heavy atom. The largest absolute Gasteiger partial charge is 0.495 e. The molecular formula is C27H23Cl2N5O2. The SMILES string of the molecule is COc1cc(Nc2c(C#N)cnc3cc(-c4cccc(CN5CCOCC5)n4)ccc23)c(Cl)cc1Cl. The van der Waals surface area contributed by atoms with Gasteiger partial charge in [-0.3, -0.25) is 14.9 Å². The van der Waals surface area contributed by atoms with E-state index in [-0.39, 0.29) is 0 Å². The fourth-order valence-electron chi connectivity index (χ4n) is 4.21. The second-order valence-corrected chi connectivity index (χ2v) is 9.20. The number of morpholine rings is 1. The van der Waals surface area contributed by atoms with Crippen molar-refractivity contribution in [2.75, 3.05) is 38.7 Å². The zero-order valence-electron chi connectivity index (χ0n) is 19.6. The van der Waals surface area contributed by atoms with Gasteiger partial charge in [0.15, 0.2) is 0 Å². The van der Waals surface area contributed by atoms with Crippen LogP contribution in [0.2, 0.25) is 10.0 Å². The first kappa shape index (κ1) is 24.3. The number of halogens is 2.